The molecule has 0 saturated heterocycles. The zero-order chi connectivity index (χ0) is 16.9. The van der Waals surface area contributed by atoms with Crippen LogP contribution in [0.15, 0.2) is 8.68 Å². The van der Waals surface area contributed by atoms with Crippen LogP contribution in [0.1, 0.15) is 26.3 Å². The van der Waals surface area contributed by atoms with E-state index in [1.165, 1.54) is 0 Å². The topological polar surface area (TPSA) is 92.8 Å². The van der Waals surface area contributed by atoms with Gasteiger partial charge in [0.1, 0.15) is 22.0 Å². The van der Waals surface area contributed by atoms with Crippen LogP contribution in [0.2, 0.25) is 0 Å². The Labute approximate surface area is 140 Å². The SMILES string of the molecule is Cc1c(Br)sc2c1S(=O)(=O)N(CC(=O)OC(C)(C)C)C(=O)N2. The van der Waals surface area contributed by atoms with Gasteiger partial charge < -0.3 is 4.74 Å². The van der Waals surface area contributed by atoms with E-state index in [9.17, 15) is 18.0 Å². The van der Waals surface area contributed by atoms with Crippen molar-refractivity contribution >= 4 is 54.3 Å². The summed E-state index contributed by atoms with van der Waals surface area (Å²) in [5, 5.41) is 2.73. The molecule has 1 aromatic rings. The third-order valence-electron chi connectivity index (χ3n) is 2.72. The van der Waals surface area contributed by atoms with Gasteiger partial charge in [-0.2, -0.15) is 0 Å². The van der Waals surface area contributed by atoms with Gasteiger partial charge in [-0.25, -0.2) is 17.5 Å². The molecule has 2 heterocycles. The number of rotatable bonds is 2. The molecule has 1 aliphatic rings. The molecule has 0 aromatic carbocycles. The molecule has 22 heavy (non-hydrogen) atoms. The number of nitrogens with zero attached hydrogens (tertiary/aromatic N) is 1. The van der Waals surface area contributed by atoms with Crippen LogP contribution >= 0.6 is 27.3 Å². The molecule has 0 fully saturated rings. The summed E-state index contributed by atoms with van der Waals surface area (Å²) in [6.07, 6.45) is 0. The summed E-state index contributed by atoms with van der Waals surface area (Å²) in [6.45, 7) is 5.94. The van der Waals surface area contributed by atoms with Gasteiger partial charge in [-0.05, 0) is 49.2 Å². The number of esters is 1. The number of ether oxygens (including phenoxy) is 1. The molecule has 122 valence electrons. The van der Waals surface area contributed by atoms with Gasteiger partial charge in [0.15, 0.2) is 0 Å². The molecule has 0 spiro atoms. The second kappa shape index (κ2) is 5.50. The third kappa shape index (κ3) is 3.13. The van der Waals surface area contributed by atoms with E-state index in [0.717, 1.165) is 11.3 Å². The third-order valence-corrected chi connectivity index (χ3v) is 6.83. The smallest absolute Gasteiger partial charge is 0.336 e. The zero-order valence-electron chi connectivity index (χ0n) is 12.4. The summed E-state index contributed by atoms with van der Waals surface area (Å²) < 4.78 is 31.4. The number of fused-ring (bicyclic) bond motifs is 1. The van der Waals surface area contributed by atoms with Crippen molar-refractivity contribution < 1.29 is 22.7 Å². The number of hydrogen-bond donors (Lipinski definition) is 1. The van der Waals surface area contributed by atoms with Crippen LogP contribution in [-0.2, 0) is 19.6 Å². The van der Waals surface area contributed by atoms with Crippen molar-refractivity contribution in [2.24, 2.45) is 0 Å². The predicted molar refractivity (Wildman–Crippen MR) is 85.5 cm³/mol. The number of thiophene rings is 1. The maximum absolute atomic E-state index is 12.6. The fraction of sp³-hybridized carbons (Fsp3) is 0.500. The molecule has 0 atom stereocenters. The number of nitrogens with one attached hydrogen (secondary N) is 1. The molecule has 0 unspecified atom stereocenters. The number of carbonyl (C=O) groups excluding carboxylic acids is 2. The number of anilines is 1. The van der Waals surface area contributed by atoms with Crippen LogP contribution in [0.3, 0.4) is 0 Å². The van der Waals surface area contributed by atoms with Crippen molar-refractivity contribution in [3.63, 3.8) is 0 Å². The van der Waals surface area contributed by atoms with Gasteiger partial charge in [0.05, 0.1) is 3.79 Å². The maximum Gasteiger partial charge on any atom is 0.336 e. The van der Waals surface area contributed by atoms with E-state index in [1.54, 1.807) is 27.7 Å². The zero-order valence-corrected chi connectivity index (χ0v) is 15.6. The number of urea groups is 1. The van der Waals surface area contributed by atoms with E-state index < -0.39 is 34.2 Å². The summed E-state index contributed by atoms with van der Waals surface area (Å²) >= 11 is 4.37. The van der Waals surface area contributed by atoms with Crippen LogP contribution in [-0.4, -0.2) is 36.9 Å². The lowest BCUT2D eigenvalue weighted by molar-refractivity contribution is -0.154. The van der Waals surface area contributed by atoms with E-state index in [4.69, 9.17) is 4.74 Å². The average Bonchev–Trinajstić information content (AvgIpc) is 2.58. The van der Waals surface area contributed by atoms with Gasteiger partial charge in [-0.3, -0.25) is 10.1 Å². The lowest BCUT2D eigenvalue weighted by Gasteiger charge is -2.28. The second-order valence-corrected chi connectivity index (χ2v) is 9.82. The lowest BCUT2D eigenvalue weighted by Crippen LogP contribution is -2.47. The van der Waals surface area contributed by atoms with Crippen LogP contribution in [0.25, 0.3) is 0 Å². The lowest BCUT2D eigenvalue weighted by atomic mass is 10.2. The molecule has 1 aromatic heterocycles. The Morgan fingerprint density at radius 2 is 2.00 bits per heavy atom. The van der Waals surface area contributed by atoms with E-state index in [0.29, 0.717) is 13.7 Å². The Kier molecular flexibility index (Phi) is 4.31. The first kappa shape index (κ1) is 17.2. The number of sulfonamides is 1. The fourth-order valence-corrected chi connectivity index (χ4v) is 5.56. The summed E-state index contributed by atoms with van der Waals surface area (Å²) in [6, 6.07) is -0.868. The first-order chi connectivity index (χ1) is 9.93. The first-order valence-corrected chi connectivity index (χ1v) is 9.33. The van der Waals surface area contributed by atoms with Crippen molar-refractivity contribution in [2.75, 3.05) is 11.9 Å². The van der Waals surface area contributed by atoms with Crippen LogP contribution in [0.5, 0.6) is 0 Å². The molecular weight excluding hydrogens is 396 g/mol. The molecular formula is C12H15BrN2O5S2. The Balaban J connectivity index is 2.36. The first-order valence-electron chi connectivity index (χ1n) is 6.28. The average molecular weight is 411 g/mol. The second-order valence-electron chi connectivity index (χ2n) is 5.69. The van der Waals surface area contributed by atoms with Gasteiger partial charge in [0, 0.05) is 0 Å². The molecule has 7 nitrogen and oxygen atoms in total. The van der Waals surface area contributed by atoms with Crippen molar-refractivity contribution in [2.45, 2.75) is 38.2 Å². The van der Waals surface area contributed by atoms with Crippen LogP contribution in [0, 0.1) is 6.92 Å². The Hall–Kier alpha value is -1.13. The summed E-state index contributed by atoms with van der Waals surface area (Å²) in [5.74, 6) is -0.790. The highest BCUT2D eigenvalue weighted by Crippen LogP contribution is 2.43. The van der Waals surface area contributed by atoms with Crippen LogP contribution in [0.4, 0.5) is 9.80 Å². The highest BCUT2D eigenvalue weighted by Gasteiger charge is 2.41. The molecule has 0 radical (unpaired) electrons. The highest BCUT2D eigenvalue weighted by molar-refractivity contribution is 9.11. The Morgan fingerprint density at radius 3 is 2.55 bits per heavy atom. The number of carbonyl (C=O) groups is 2. The van der Waals surface area contributed by atoms with E-state index in [-0.39, 0.29) is 9.90 Å². The van der Waals surface area contributed by atoms with E-state index in [1.807, 2.05) is 0 Å². The minimum Gasteiger partial charge on any atom is -0.459 e. The fourth-order valence-electron chi connectivity index (χ4n) is 1.89. The van der Waals surface area contributed by atoms with Gasteiger partial charge in [0.25, 0.3) is 10.0 Å². The highest BCUT2D eigenvalue weighted by atomic mass is 79.9. The van der Waals surface area contributed by atoms with Gasteiger partial charge in [-0.15, -0.1) is 11.3 Å². The minimum atomic E-state index is -4.09. The summed E-state index contributed by atoms with van der Waals surface area (Å²) in [4.78, 5) is 23.9. The molecule has 1 N–H and O–H groups in total. The van der Waals surface area contributed by atoms with E-state index in [2.05, 4.69) is 21.2 Å². The standard InChI is InChI=1S/C12H15BrN2O5S2/c1-6-8-10(21-9(6)13)14-11(17)15(22(8,18)19)5-7(16)20-12(2,3)4/h5H2,1-4H3,(H,14,17). The van der Waals surface area contributed by atoms with Crippen molar-refractivity contribution in [3.05, 3.63) is 9.35 Å². The Bertz CT molecular complexity index is 748. The van der Waals surface area contributed by atoms with Crippen molar-refractivity contribution in [1.82, 2.24) is 4.31 Å². The van der Waals surface area contributed by atoms with E-state index >= 15 is 0 Å². The van der Waals surface area contributed by atoms with Crippen molar-refractivity contribution in [3.8, 4) is 0 Å². The van der Waals surface area contributed by atoms with Crippen LogP contribution < -0.4 is 5.32 Å². The molecule has 0 aliphatic carbocycles. The van der Waals surface area contributed by atoms with Gasteiger partial charge >= 0.3 is 12.0 Å². The number of halogens is 1. The normalized spacial score (nSPS) is 17.0. The minimum absolute atomic E-state index is 0.00698. The van der Waals surface area contributed by atoms with Gasteiger partial charge in [-0.1, -0.05) is 0 Å². The molecule has 2 rings (SSSR count). The summed E-state index contributed by atoms with van der Waals surface area (Å²) in [5.41, 5.74) is -0.270. The molecule has 1 aliphatic heterocycles. The summed E-state index contributed by atoms with van der Waals surface area (Å²) in [7, 11) is -4.09. The van der Waals surface area contributed by atoms with Crippen molar-refractivity contribution in [1.29, 1.82) is 0 Å². The predicted octanol–water partition coefficient (Wildman–Crippen LogP) is 2.70. The number of hydrogen-bond acceptors (Lipinski definition) is 6. The largest absolute Gasteiger partial charge is 0.459 e. The quantitative estimate of drug-likeness (QED) is 0.756. The molecule has 0 bridgehead atoms. The maximum atomic E-state index is 12.6. The molecule has 2 amide bonds. The number of amides is 2. The Morgan fingerprint density at radius 1 is 1.41 bits per heavy atom. The van der Waals surface area contributed by atoms with Gasteiger partial charge in [0.2, 0.25) is 0 Å². The molecule has 10 heteroatoms. The monoisotopic (exact) mass is 410 g/mol. The molecule has 0 saturated carbocycles.